The maximum absolute atomic E-state index is 13.2. The maximum atomic E-state index is 13.2. The van der Waals surface area contributed by atoms with E-state index in [4.69, 9.17) is 0 Å². The summed E-state index contributed by atoms with van der Waals surface area (Å²) in [5, 5.41) is 2.80. The van der Waals surface area contributed by atoms with E-state index in [9.17, 15) is 18.4 Å². The lowest BCUT2D eigenvalue weighted by Gasteiger charge is -2.17. The van der Waals surface area contributed by atoms with Crippen LogP contribution >= 0.6 is 0 Å². The average molecular weight is 280 g/mol. The lowest BCUT2D eigenvalue weighted by atomic mass is 10.1. The van der Waals surface area contributed by atoms with Gasteiger partial charge in [0.05, 0.1) is 0 Å². The summed E-state index contributed by atoms with van der Waals surface area (Å²) in [5.41, 5.74) is 0.288. The zero-order valence-corrected chi connectivity index (χ0v) is 10.7. The third-order valence-electron chi connectivity index (χ3n) is 3.66. The topological polar surface area (TPSA) is 49.4 Å². The highest BCUT2D eigenvalue weighted by molar-refractivity contribution is 6.09. The normalized spacial score (nSPS) is 22.2. The van der Waals surface area contributed by atoms with Crippen molar-refractivity contribution >= 4 is 17.5 Å². The molecular formula is C14H14F2N2O2. The number of nitrogens with one attached hydrogen (secondary N) is 1. The Morgan fingerprint density at radius 3 is 2.60 bits per heavy atom. The molecule has 0 radical (unpaired) electrons. The number of carbonyl (C=O) groups excluding carboxylic acids is 2. The number of hydrogen-bond donors (Lipinski definition) is 1. The molecule has 0 bridgehead atoms. The molecule has 1 saturated heterocycles. The first kappa shape index (κ1) is 13.0. The zero-order chi connectivity index (χ0) is 14.3. The second kappa shape index (κ2) is 4.85. The molecule has 0 aromatic heterocycles. The van der Waals surface area contributed by atoms with E-state index in [1.165, 1.54) is 11.0 Å². The number of hydrogen-bond acceptors (Lipinski definition) is 2. The van der Waals surface area contributed by atoms with Crippen LogP contribution in [0.2, 0.25) is 0 Å². The fraction of sp³-hybridized carbons (Fsp3) is 0.429. The van der Waals surface area contributed by atoms with Gasteiger partial charge in [-0.3, -0.25) is 9.59 Å². The first-order valence-corrected chi connectivity index (χ1v) is 6.63. The minimum Gasteiger partial charge on any atom is -0.353 e. The highest BCUT2D eigenvalue weighted by Gasteiger charge is 2.39. The molecule has 6 heteroatoms. The molecule has 3 rings (SSSR count). The third kappa shape index (κ3) is 2.37. The molecule has 1 unspecified atom stereocenters. The first-order chi connectivity index (χ1) is 9.56. The van der Waals surface area contributed by atoms with Gasteiger partial charge in [0, 0.05) is 24.3 Å². The van der Waals surface area contributed by atoms with Crippen molar-refractivity contribution < 1.29 is 18.4 Å². The Morgan fingerprint density at radius 1 is 1.20 bits per heavy atom. The van der Waals surface area contributed by atoms with Crippen LogP contribution in [-0.4, -0.2) is 24.4 Å². The first-order valence-electron chi connectivity index (χ1n) is 6.63. The van der Waals surface area contributed by atoms with Gasteiger partial charge in [-0.05, 0) is 31.4 Å². The van der Waals surface area contributed by atoms with Gasteiger partial charge in [-0.25, -0.2) is 8.78 Å². The molecule has 1 aromatic rings. The van der Waals surface area contributed by atoms with Crippen molar-refractivity contribution in [3.05, 3.63) is 29.8 Å². The molecule has 2 amide bonds. The minimum atomic E-state index is -0.999. The van der Waals surface area contributed by atoms with E-state index in [1.807, 2.05) is 0 Å². The number of benzene rings is 1. The summed E-state index contributed by atoms with van der Waals surface area (Å²) < 4.78 is 26.1. The van der Waals surface area contributed by atoms with Crippen molar-refractivity contribution in [2.45, 2.75) is 25.3 Å². The van der Waals surface area contributed by atoms with Crippen LogP contribution in [0.5, 0.6) is 0 Å². The summed E-state index contributed by atoms with van der Waals surface area (Å²) in [7, 11) is 0. The Balaban J connectivity index is 1.74. The zero-order valence-electron chi connectivity index (χ0n) is 10.7. The van der Waals surface area contributed by atoms with Crippen molar-refractivity contribution in [3.8, 4) is 0 Å². The van der Waals surface area contributed by atoms with Gasteiger partial charge in [0.2, 0.25) is 11.8 Å². The van der Waals surface area contributed by atoms with Crippen molar-refractivity contribution in [3.63, 3.8) is 0 Å². The Bertz CT molecular complexity index is 572. The average Bonchev–Trinajstić information content (AvgIpc) is 3.13. The molecule has 4 nitrogen and oxygen atoms in total. The van der Waals surface area contributed by atoms with Crippen molar-refractivity contribution in [2.75, 3.05) is 11.4 Å². The summed E-state index contributed by atoms with van der Waals surface area (Å²) in [4.78, 5) is 25.4. The molecule has 20 heavy (non-hydrogen) atoms. The van der Waals surface area contributed by atoms with Crippen LogP contribution in [0.3, 0.4) is 0 Å². The molecule has 106 valence electrons. The van der Waals surface area contributed by atoms with Crippen LogP contribution in [0.25, 0.3) is 0 Å². The smallest absolute Gasteiger partial charge is 0.239 e. The number of anilines is 1. The van der Waals surface area contributed by atoms with Crippen LogP contribution in [0.4, 0.5) is 14.5 Å². The van der Waals surface area contributed by atoms with Crippen molar-refractivity contribution in [1.29, 1.82) is 0 Å². The van der Waals surface area contributed by atoms with Crippen molar-refractivity contribution in [1.82, 2.24) is 5.32 Å². The van der Waals surface area contributed by atoms with Crippen LogP contribution in [0, 0.1) is 17.6 Å². The summed E-state index contributed by atoms with van der Waals surface area (Å²) in [6.07, 6.45) is 2.31. The fourth-order valence-electron chi connectivity index (χ4n) is 2.36. The molecule has 2 aliphatic rings. The molecule has 1 N–H and O–H groups in total. The lowest BCUT2D eigenvalue weighted by molar-refractivity contribution is -0.132. The van der Waals surface area contributed by atoms with Crippen LogP contribution in [-0.2, 0) is 9.59 Å². The molecule has 1 aliphatic heterocycles. The Morgan fingerprint density at radius 2 is 1.95 bits per heavy atom. The number of rotatable bonds is 3. The van der Waals surface area contributed by atoms with E-state index in [2.05, 4.69) is 5.32 Å². The summed E-state index contributed by atoms with van der Waals surface area (Å²) in [6, 6.07) is 3.51. The molecule has 1 aromatic carbocycles. The summed E-state index contributed by atoms with van der Waals surface area (Å²) >= 11 is 0. The van der Waals surface area contributed by atoms with Crippen LogP contribution in [0.1, 0.15) is 19.3 Å². The number of halogens is 2. The van der Waals surface area contributed by atoms with Gasteiger partial charge in [0.25, 0.3) is 0 Å². The SMILES string of the molecule is O=C(NC1CC1)C1CCN(c2ccc(F)c(F)c2)C1=O. The van der Waals surface area contributed by atoms with E-state index < -0.39 is 17.6 Å². The second-order valence-corrected chi connectivity index (χ2v) is 5.21. The Labute approximate surface area is 114 Å². The Kier molecular flexibility index (Phi) is 3.16. The monoisotopic (exact) mass is 280 g/mol. The van der Waals surface area contributed by atoms with Gasteiger partial charge in [-0.1, -0.05) is 0 Å². The number of amides is 2. The molecular weight excluding hydrogens is 266 g/mol. The minimum absolute atomic E-state index is 0.201. The highest BCUT2D eigenvalue weighted by atomic mass is 19.2. The quantitative estimate of drug-likeness (QED) is 0.855. The standard InChI is InChI=1S/C14H14F2N2O2/c15-11-4-3-9(7-12(11)16)18-6-5-10(14(18)20)13(19)17-8-1-2-8/h3-4,7-8,10H,1-2,5-6H2,(H,17,19). The fourth-order valence-corrected chi connectivity index (χ4v) is 2.36. The second-order valence-electron chi connectivity index (χ2n) is 5.21. The van der Waals surface area contributed by atoms with Crippen LogP contribution < -0.4 is 10.2 Å². The third-order valence-corrected chi connectivity index (χ3v) is 3.66. The Hall–Kier alpha value is -1.98. The van der Waals surface area contributed by atoms with Gasteiger partial charge in [-0.2, -0.15) is 0 Å². The number of nitrogens with zero attached hydrogens (tertiary/aromatic N) is 1. The molecule has 1 aliphatic carbocycles. The van der Waals surface area contributed by atoms with E-state index in [0.717, 1.165) is 25.0 Å². The summed E-state index contributed by atoms with van der Waals surface area (Å²) in [5.74, 6) is -3.29. The van der Waals surface area contributed by atoms with Gasteiger partial charge < -0.3 is 10.2 Å². The largest absolute Gasteiger partial charge is 0.353 e. The molecule has 1 heterocycles. The van der Waals surface area contributed by atoms with Gasteiger partial charge in [0.1, 0.15) is 5.92 Å². The molecule has 0 spiro atoms. The predicted molar refractivity (Wildman–Crippen MR) is 68.0 cm³/mol. The maximum Gasteiger partial charge on any atom is 0.239 e. The summed E-state index contributed by atoms with van der Waals surface area (Å²) in [6.45, 7) is 0.340. The van der Waals surface area contributed by atoms with Gasteiger partial charge in [0.15, 0.2) is 11.6 Å². The van der Waals surface area contributed by atoms with E-state index in [-0.39, 0.29) is 23.5 Å². The van der Waals surface area contributed by atoms with Gasteiger partial charge in [-0.15, -0.1) is 0 Å². The molecule has 2 fully saturated rings. The van der Waals surface area contributed by atoms with E-state index in [1.54, 1.807) is 0 Å². The van der Waals surface area contributed by atoms with Crippen LogP contribution in [0.15, 0.2) is 18.2 Å². The van der Waals surface area contributed by atoms with Crippen molar-refractivity contribution in [2.24, 2.45) is 5.92 Å². The highest BCUT2D eigenvalue weighted by Crippen LogP contribution is 2.28. The van der Waals surface area contributed by atoms with E-state index in [0.29, 0.717) is 13.0 Å². The number of carbonyl (C=O) groups is 2. The predicted octanol–water partition coefficient (Wildman–Crippen LogP) is 1.60. The van der Waals surface area contributed by atoms with Gasteiger partial charge >= 0.3 is 0 Å². The van der Waals surface area contributed by atoms with E-state index >= 15 is 0 Å². The molecule has 1 saturated carbocycles. The molecule has 1 atom stereocenters. The lowest BCUT2D eigenvalue weighted by Crippen LogP contribution is -2.37.